The molecule has 6 heteroatoms. The highest BCUT2D eigenvalue weighted by molar-refractivity contribution is 5.75. The molecule has 21 heavy (non-hydrogen) atoms. The Hall–Kier alpha value is -1.53. The third-order valence-electron chi connectivity index (χ3n) is 3.40. The molecule has 0 aromatic carbocycles. The van der Waals surface area contributed by atoms with E-state index >= 15 is 0 Å². The molecule has 1 heterocycles. The molecule has 0 spiro atoms. The van der Waals surface area contributed by atoms with Gasteiger partial charge < -0.3 is 24.8 Å². The number of furan rings is 1. The van der Waals surface area contributed by atoms with Gasteiger partial charge in [0.2, 0.25) is 0 Å². The first-order chi connectivity index (χ1) is 9.76. The van der Waals surface area contributed by atoms with Crippen molar-refractivity contribution in [3.8, 4) is 0 Å². The fraction of sp³-hybridized carbons (Fsp3) is 0.667. The zero-order chi connectivity index (χ0) is 16.2. The van der Waals surface area contributed by atoms with E-state index in [0.717, 1.165) is 17.1 Å². The van der Waals surface area contributed by atoms with Gasteiger partial charge in [0.25, 0.3) is 0 Å². The smallest absolute Gasteiger partial charge is 0.318 e. The number of nitrogens with one attached hydrogen (secondary N) is 1. The third kappa shape index (κ3) is 4.75. The van der Waals surface area contributed by atoms with Crippen LogP contribution in [0.2, 0.25) is 0 Å². The van der Waals surface area contributed by atoms with Crippen LogP contribution in [0.1, 0.15) is 43.9 Å². The molecule has 0 bridgehead atoms. The highest BCUT2D eigenvalue weighted by Crippen LogP contribution is 2.21. The number of aryl methyl sites for hydroxylation is 2. The fourth-order valence-corrected chi connectivity index (χ4v) is 2.27. The number of hydrogen-bond acceptors (Lipinski definition) is 4. The van der Waals surface area contributed by atoms with Crippen LogP contribution in [0.15, 0.2) is 10.5 Å². The van der Waals surface area contributed by atoms with Gasteiger partial charge in [0, 0.05) is 12.1 Å². The van der Waals surface area contributed by atoms with Gasteiger partial charge in [-0.05, 0) is 40.7 Å². The molecule has 3 N–H and O–H groups in total. The van der Waals surface area contributed by atoms with Crippen LogP contribution in [0.3, 0.4) is 0 Å². The number of hydrogen-bond donors (Lipinski definition) is 3. The van der Waals surface area contributed by atoms with Gasteiger partial charge in [-0.25, -0.2) is 4.79 Å². The molecule has 3 atom stereocenters. The van der Waals surface area contributed by atoms with Gasteiger partial charge in [-0.3, -0.25) is 0 Å². The van der Waals surface area contributed by atoms with Crippen LogP contribution in [0, 0.1) is 13.8 Å². The molecule has 6 nitrogen and oxygen atoms in total. The molecule has 0 saturated carbocycles. The summed E-state index contributed by atoms with van der Waals surface area (Å²) in [4.78, 5) is 13.8. The normalized spacial score (nSPS) is 15.4. The first-order valence-corrected chi connectivity index (χ1v) is 7.19. The third-order valence-corrected chi connectivity index (χ3v) is 3.40. The number of carbonyl (C=O) groups excluding carboxylic acids is 1. The van der Waals surface area contributed by atoms with E-state index in [1.54, 1.807) is 13.8 Å². The van der Waals surface area contributed by atoms with Gasteiger partial charge in [-0.15, -0.1) is 0 Å². The number of rotatable bonds is 6. The number of carbonyl (C=O) groups is 1. The Labute approximate surface area is 125 Å². The molecule has 2 amide bonds. The second-order valence-corrected chi connectivity index (χ2v) is 5.57. The van der Waals surface area contributed by atoms with E-state index in [4.69, 9.17) is 4.42 Å². The number of nitrogens with zero attached hydrogens (tertiary/aromatic N) is 1. The lowest BCUT2D eigenvalue weighted by Gasteiger charge is -2.30. The summed E-state index contributed by atoms with van der Waals surface area (Å²) in [5.74, 6) is 1.57. The summed E-state index contributed by atoms with van der Waals surface area (Å²) in [6.45, 7) is 8.95. The maximum absolute atomic E-state index is 12.3. The van der Waals surface area contributed by atoms with Gasteiger partial charge in [0.1, 0.15) is 11.5 Å². The van der Waals surface area contributed by atoms with Crippen LogP contribution >= 0.6 is 0 Å². The van der Waals surface area contributed by atoms with Crippen molar-refractivity contribution in [3.05, 3.63) is 23.2 Å². The molecule has 0 aliphatic carbocycles. The Balaban J connectivity index is 2.78. The van der Waals surface area contributed by atoms with Crippen LogP contribution in [0.5, 0.6) is 0 Å². The Morgan fingerprint density at radius 2 is 2.00 bits per heavy atom. The van der Waals surface area contributed by atoms with Crippen molar-refractivity contribution in [3.63, 3.8) is 0 Å². The van der Waals surface area contributed by atoms with Gasteiger partial charge in [0.15, 0.2) is 0 Å². The van der Waals surface area contributed by atoms with E-state index < -0.39 is 6.10 Å². The monoisotopic (exact) mass is 298 g/mol. The fourth-order valence-electron chi connectivity index (χ4n) is 2.27. The van der Waals surface area contributed by atoms with Crippen LogP contribution in [-0.2, 0) is 0 Å². The lowest BCUT2D eigenvalue weighted by Crippen LogP contribution is -2.49. The van der Waals surface area contributed by atoms with Gasteiger partial charge >= 0.3 is 6.03 Å². The molecule has 0 unspecified atom stereocenters. The zero-order valence-electron chi connectivity index (χ0n) is 13.4. The van der Waals surface area contributed by atoms with Crippen molar-refractivity contribution in [2.75, 3.05) is 13.2 Å². The minimum atomic E-state index is -0.655. The van der Waals surface area contributed by atoms with Gasteiger partial charge in [-0.2, -0.15) is 0 Å². The molecular weight excluding hydrogens is 272 g/mol. The maximum Gasteiger partial charge on any atom is 0.318 e. The molecular formula is C15H26N2O4. The van der Waals surface area contributed by atoms with Crippen LogP contribution in [-0.4, -0.2) is 46.4 Å². The molecule has 120 valence electrons. The number of aliphatic hydroxyl groups is 2. The Kier molecular flexibility index (Phi) is 6.23. The van der Waals surface area contributed by atoms with E-state index in [1.807, 2.05) is 26.8 Å². The van der Waals surface area contributed by atoms with Crippen LogP contribution < -0.4 is 5.32 Å². The summed E-state index contributed by atoms with van der Waals surface area (Å²) < 4.78 is 5.47. The summed E-state index contributed by atoms with van der Waals surface area (Å²) >= 11 is 0. The highest BCUT2D eigenvalue weighted by atomic mass is 16.3. The van der Waals surface area contributed by atoms with Crippen molar-refractivity contribution in [1.82, 2.24) is 10.2 Å². The quantitative estimate of drug-likeness (QED) is 0.746. The Morgan fingerprint density at radius 1 is 1.38 bits per heavy atom. The lowest BCUT2D eigenvalue weighted by atomic mass is 10.1. The first kappa shape index (κ1) is 17.5. The van der Waals surface area contributed by atoms with Crippen molar-refractivity contribution >= 4 is 6.03 Å². The first-order valence-electron chi connectivity index (χ1n) is 7.19. The maximum atomic E-state index is 12.3. The molecule has 0 saturated heterocycles. The largest absolute Gasteiger partial charge is 0.466 e. The molecule has 1 rings (SSSR count). The molecule has 1 aromatic rings. The number of aliphatic hydroxyl groups excluding tert-OH is 2. The number of amides is 2. The second kappa shape index (κ2) is 7.47. The summed E-state index contributed by atoms with van der Waals surface area (Å²) in [6.07, 6.45) is -0.655. The molecule has 0 radical (unpaired) electrons. The predicted octanol–water partition coefficient (Wildman–Crippen LogP) is 1.73. The average Bonchev–Trinajstić information content (AvgIpc) is 2.73. The summed E-state index contributed by atoms with van der Waals surface area (Å²) in [5, 5.41) is 21.6. The summed E-state index contributed by atoms with van der Waals surface area (Å²) in [7, 11) is 0. The van der Waals surface area contributed by atoms with Crippen molar-refractivity contribution in [1.29, 1.82) is 0 Å². The molecule has 1 aromatic heterocycles. The Bertz CT molecular complexity index is 470. The van der Waals surface area contributed by atoms with E-state index in [0.29, 0.717) is 0 Å². The average molecular weight is 298 g/mol. The molecule has 0 fully saturated rings. The highest BCUT2D eigenvalue weighted by Gasteiger charge is 2.23. The second-order valence-electron chi connectivity index (χ2n) is 5.57. The van der Waals surface area contributed by atoms with E-state index in [2.05, 4.69) is 5.32 Å². The lowest BCUT2D eigenvalue weighted by molar-refractivity contribution is 0.0926. The minimum Gasteiger partial charge on any atom is -0.466 e. The van der Waals surface area contributed by atoms with Crippen LogP contribution in [0.4, 0.5) is 4.79 Å². The zero-order valence-corrected chi connectivity index (χ0v) is 13.4. The molecule has 0 aliphatic rings. The molecule has 0 aliphatic heterocycles. The van der Waals surface area contributed by atoms with E-state index in [-0.39, 0.29) is 31.3 Å². The predicted molar refractivity (Wildman–Crippen MR) is 80.1 cm³/mol. The minimum absolute atomic E-state index is 0.154. The number of urea groups is 1. The van der Waals surface area contributed by atoms with Crippen molar-refractivity contribution in [2.45, 2.75) is 52.8 Å². The summed E-state index contributed by atoms with van der Waals surface area (Å²) in [5.41, 5.74) is 0.925. The van der Waals surface area contributed by atoms with Crippen LogP contribution in [0.25, 0.3) is 0 Å². The SMILES string of the molecule is Cc1cc([C@H](C)NC(=O)N(C[C@@H](C)O)[C@@H](C)CO)c(C)o1. The standard InChI is InChI=1S/C15H26N2O4/c1-9(8-18)17(7-10(2)19)15(20)16-12(4)14-6-11(3)21-13(14)5/h6,9-10,12,18-19H,7-8H2,1-5H3,(H,16,20)/t9-,10+,12-/m0/s1. The van der Waals surface area contributed by atoms with E-state index in [1.165, 1.54) is 4.90 Å². The van der Waals surface area contributed by atoms with Gasteiger partial charge in [0.05, 0.1) is 24.8 Å². The topological polar surface area (TPSA) is 85.9 Å². The van der Waals surface area contributed by atoms with E-state index in [9.17, 15) is 15.0 Å². The summed E-state index contributed by atoms with van der Waals surface area (Å²) in [6, 6.07) is 1.01. The van der Waals surface area contributed by atoms with Gasteiger partial charge in [-0.1, -0.05) is 0 Å². The van der Waals surface area contributed by atoms with Crippen molar-refractivity contribution < 1.29 is 19.4 Å². The van der Waals surface area contributed by atoms with Crippen molar-refractivity contribution in [2.24, 2.45) is 0 Å². The Morgan fingerprint density at radius 3 is 2.43 bits per heavy atom.